The molecule has 4 rings (SSSR count). The fourth-order valence-corrected chi connectivity index (χ4v) is 3.84. The number of nitrogens with zero attached hydrogens (tertiary/aromatic N) is 5. The van der Waals surface area contributed by atoms with Gasteiger partial charge in [-0.1, -0.05) is 0 Å². The average molecular weight is 329 g/mol. The van der Waals surface area contributed by atoms with Crippen LogP contribution in [-0.4, -0.2) is 46.0 Å². The first-order valence-electron chi connectivity index (χ1n) is 8.45. The zero-order valence-electron chi connectivity index (χ0n) is 13.6. The first kappa shape index (κ1) is 15.0. The third kappa shape index (κ3) is 3.53. The largest absolute Gasteiger partial charge is 0.356 e. The van der Waals surface area contributed by atoms with Crippen LogP contribution in [0.2, 0.25) is 0 Å². The zero-order chi connectivity index (χ0) is 15.6. The van der Waals surface area contributed by atoms with Crippen LogP contribution in [0.3, 0.4) is 0 Å². The van der Waals surface area contributed by atoms with Gasteiger partial charge in [-0.3, -0.25) is 4.90 Å². The van der Waals surface area contributed by atoms with Crippen LogP contribution in [0.5, 0.6) is 0 Å². The molecule has 0 aromatic carbocycles. The van der Waals surface area contributed by atoms with E-state index in [1.54, 1.807) is 11.3 Å². The van der Waals surface area contributed by atoms with E-state index in [4.69, 9.17) is 4.98 Å². The highest BCUT2D eigenvalue weighted by molar-refractivity contribution is 7.07. The number of aromatic nitrogens is 3. The van der Waals surface area contributed by atoms with Gasteiger partial charge in [0.2, 0.25) is 0 Å². The summed E-state index contributed by atoms with van der Waals surface area (Å²) in [5, 5.41) is 2.15. The number of hydrogen-bond acceptors (Lipinski definition) is 6. The standard InChI is InChI=1S/C17H23N5S/c1-21(16-4-7-18-17(20-16)13-2-3-13)15-5-8-22(9-6-15)10-14-11-23-12-19-14/h4,7,11-13,15H,2-3,5-6,8-10H2,1H3. The Balaban J connectivity index is 1.35. The van der Waals surface area contributed by atoms with Crippen molar-refractivity contribution in [1.82, 2.24) is 19.9 Å². The van der Waals surface area contributed by atoms with Gasteiger partial charge in [-0.05, 0) is 31.7 Å². The third-order valence-electron chi connectivity index (χ3n) is 4.94. The Kier molecular flexibility index (Phi) is 4.27. The molecule has 1 saturated heterocycles. The lowest BCUT2D eigenvalue weighted by Gasteiger charge is -2.37. The topological polar surface area (TPSA) is 45.2 Å². The van der Waals surface area contributed by atoms with Gasteiger partial charge in [0.05, 0.1) is 11.2 Å². The zero-order valence-corrected chi connectivity index (χ0v) is 14.4. The van der Waals surface area contributed by atoms with E-state index in [0.717, 1.165) is 31.3 Å². The SMILES string of the molecule is CN(c1ccnc(C2CC2)n1)C1CCN(Cc2cscn2)CC1. The minimum Gasteiger partial charge on any atom is -0.356 e. The summed E-state index contributed by atoms with van der Waals surface area (Å²) in [5.41, 5.74) is 3.12. The molecular formula is C17H23N5S. The molecule has 23 heavy (non-hydrogen) atoms. The smallest absolute Gasteiger partial charge is 0.133 e. The fraction of sp³-hybridized carbons (Fsp3) is 0.588. The van der Waals surface area contributed by atoms with Crippen molar-refractivity contribution >= 4 is 17.2 Å². The van der Waals surface area contributed by atoms with Crippen LogP contribution in [-0.2, 0) is 6.54 Å². The molecule has 1 aliphatic heterocycles. The monoisotopic (exact) mass is 329 g/mol. The maximum atomic E-state index is 4.78. The molecule has 5 nitrogen and oxygen atoms in total. The molecule has 2 fully saturated rings. The summed E-state index contributed by atoms with van der Waals surface area (Å²) in [4.78, 5) is 18.5. The van der Waals surface area contributed by atoms with Crippen LogP contribution < -0.4 is 4.90 Å². The molecule has 0 radical (unpaired) electrons. The molecule has 0 N–H and O–H groups in total. The Labute approximate surface area is 141 Å². The number of thiazole rings is 1. The molecule has 0 unspecified atom stereocenters. The van der Waals surface area contributed by atoms with Gasteiger partial charge >= 0.3 is 0 Å². The lowest BCUT2D eigenvalue weighted by molar-refractivity contribution is 0.201. The van der Waals surface area contributed by atoms with E-state index in [1.165, 1.54) is 31.4 Å². The molecule has 0 bridgehead atoms. The highest BCUT2D eigenvalue weighted by Gasteiger charge is 2.28. The van der Waals surface area contributed by atoms with Crippen LogP contribution in [0.25, 0.3) is 0 Å². The van der Waals surface area contributed by atoms with Crippen molar-refractivity contribution < 1.29 is 0 Å². The molecule has 3 heterocycles. The first-order valence-corrected chi connectivity index (χ1v) is 9.39. The number of hydrogen-bond donors (Lipinski definition) is 0. The molecule has 2 aromatic heterocycles. The molecule has 122 valence electrons. The van der Waals surface area contributed by atoms with Gasteiger partial charge < -0.3 is 4.90 Å². The predicted octanol–water partition coefficient (Wildman–Crippen LogP) is 2.91. The second-order valence-electron chi connectivity index (χ2n) is 6.65. The Hall–Kier alpha value is -1.53. The normalized spacial score (nSPS) is 19.9. The summed E-state index contributed by atoms with van der Waals surface area (Å²) in [6, 6.07) is 2.62. The molecule has 0 amide bonds. The van der Waals surface area contributed by atoms with Crippen LogP contribution in [0.1, 0.15) is 43.1 Å². The lowest BCUT2D eigenvalue weighted by atomic mass is 10.0. The van der Waals surface area contributed by atoms with E-state index in [-0.39, 0.29) is 0 Å². The van der Waals surface area contributed by atoms with Crippen LogP contribution >= 0.6 is 11.3 Å². The van der Waals surface area contributed by atoms with Crippen LogP contribution in [0.4, 0.5) is 5.82 Å². The van der Waals surface area contributed by atoms with Gasteiger partial charge in [0.1, 0.15) is 11.6 Å². The number of likely N-dealkylation sites (tertiary alicyclic amines) is 1. The molecular weight excluding hydrogens is 306 g/mol. The van der Waals surface area contributed by atoms with Gasteiger partial charge in [-0.25, -0.2) is 15.0 Å². The van der Waals surface area contributed by atoms with Crippen molar-refractivity contribution in [1.29, 1.82) is 0 Å². The van der Waals surface area contributed by atoms with E-state index < -0.39 is 0 Å². The summed E-state index contributed by atoms with van der Waals surface area (Å²) in [7, 11) is 2.18. The highest BCUT2D eigenvalue weighted by Crippen LogP contribution is 2.38. The summed E-state index contributed by atoms with van der Waals surface area (Å²) < 4.78 is 0. The van der Waals surface area contributed by atoms with Gasteiger partial charge in [-0.15, -0.1) is 11.3 Å². The second-order valence-corrected chi connectivity index (χ2v) is 7.36. The van der Waals surface area contributed by atoms with Crippen molar-refractivity contribution in [3.8, 4) is 0 Å². The van der Waals surface area contributed by atoms with E-state index >= 15 is 0 Å². The van der Waals surface area contributed by atoms with Crippen LogP contribution in [0, 0.1) is 0 Å². The predicted molar refractivity (Wildman–Crippen MR) is 92.8 cm³/mol. The Morgan fingerprint density at radius 3 is 2.74 bits per heavy atom. The van der Waals surface area contributed by atoms with E-state index in [9.17, 15) is 0 Å². The van der Waals surface area contributed by atoms with Crippen LogP contribution in [0.15, 0.2) is 23.2 Å². The van der Waals surface area contributed by atoms with E-state index in [0.29, 0.717) is 12.0 Å². The first-order chi connectivity index (χ1) is 11.3. The molecule has 0 atom stereocenters. The quantitative estimate of drug-likeness (QED) is 0.844. The average Bonchev–Trinajstić information content (AvgIpc) is 3.33. The minimum atomic E-state index is 0.573. The molecule has 2 aromatic rings. The van der Waals surface area contributed by atoms with E-state index in [1.807, 2.05) is 17.8 Å². The van der Waals surface area contributed by atoms with E-state index in [2.05, 4.69) is 32.2 Å². The highest BCUT2D eigenvalue weighted by atomic mass is 32.1. The van der Waals surface area contributed by atoms with Gasteiger partial charge in [0.25, 0.3) is 0 Å². The maximum absolute atomic E-state index is 4.78. The Morgan fingerprint density at radius 1 is 1.22 bits per heavy atom. The van der Waals surface area contributed by atoms with Gasteiger partial charge in [0.15, 0.2) is 0 Å². The maximum Gasteiger partial charge on any atom is 0.133 e. The Morgan fingerprint density at radius 2 is 2.04 bits per heavy atom. The number of anilines is 1. The lowest BCUT2D eigenvalue weighted by Crippen LogP contribution is -2.43. The molecule has 0 spiro atoms. The van der Waals surface area contributed by atoms with Gasteiger partial charge in [-0.2, -0.15) is 0 Å². The van der Waals surface area contributed by atoms with Crippen molar-refractivity contribution in [2.45, 2.75) is 44.2 Å². The van der Waals surface area contributed by atoms with Crippen molar-refractivity contribution in [2.75, 3.05) is 25.0 Å². The summed E-state index contributed by atoms with van der Waals surface area (Å²) >= 11 is 1.68. The Bertz CT molecular complexity index is 632. The van der Waals surface area contributed by atoms with Crippen molar-refractivity contribution in [2.24, 2.45) is 0 Å². The fourth-order valence-electron chi connectivity index (χ4n) is 3.29. The molecule has 6 heteroatoms. The molecule has 1 aliphatic carbocycles. The minimum absolute atomic E-state index is 0.573. The summed E-state index contributed by atoms with van der Waals surface area (Å²) in [6.45, 7) is 3.25. The second kappa shape index (κ2) is 6.53. The molecule has 2 aliphatic rings. The summed E-state index contributed by atoms with van der Waals surface area (Å²) in [5.74, 6) is 2.73. The van der Waals surface area contributed by atoms with Crippen molar-refractivity contribution in [3.63, 3.8) is 0 Å². The van der Waals surface area contributed by atoms with Crippen molar-refractivity contribution in [3.05, 3.63) is 34.7 Å². The van der Waals surface area contributed by atoms with Gasteiger partial charge in [0, 0.05) is 50.2 Å². The third-order valence-corrected chi connectivity index (χ3v) is 5.57. The summed E-state index contributed by atoms with van der Waals surface area (Å²) in [6.07, 6.45) is 6.79. The number of piperidine rings is 1. The molecule has 1 saturated carbocycles. The number of rotatable bonds is 5.